The molecule has 0 aliphatic heterocycles. The molecule has 2 aromatic rings. The number of carbonyl (C=O) groups excluding carboxylic acids is 2. The van der Waals surface area contributed by atoms with Gasteiger partial charge >= 0.3 is 0 Å². The molecular weight excluding hydrogens is 362 g/mol. The minimum atomic E-state index is -0.182. The van der Waals surface area contributed by atoms with Crippen LogP contribution in [-0.4, -0.2) is 29.8 Å². The highest BCUT2D eigenvalue weighted by Gasteiger charge is 2.33. The Bertz CT molecular complexity index is 806. The summed E-state index contributed by atoms with van der Waals surface area (Å²) in [7, 11) is 0. The maximum absolute atomic E-state index is 12.5. The fourth-order valence-corrected chi connectivity index (χ4v) is 3.09. The lowest BCUT2D eigenvalue weighted by molar-refractivity contribution is -0.133. The highest BCUT2D eigenvalue weighted by atomic mass is 35.5. The van der Waals surface area contributed by atoms with Gasteiger partial charge in [-0.15, -0.1) is 0 Å². The molecule has 1 aliphatic rings. The number of carbonyl (C=O) groups is 2. The lowest BCUT2D eigenvalue weighted by Gasteiger charge is -2.23. The van der Waals surface area contributed by atoms with Crippen LogP contribution in [-0.2, 0) is 11.3 Å². The minimum absolute atomic E-state index is 0.141. The molecule has 0 atom stereocenters. The normalized spacial score (nSPS) is 13.3. The average Bonchev–Trinajstić information content (AvgIpc) is 3.53. The molecular formula is C21H24ClN3O2. The van der Waals surface area contributed by atoms with Crippen molar-refractivity contribution in [3.05, 3.63) is 64.7 Å². The van der Waals surface area contributed by atoms with Crippen molar-refractivity contribution in [2.24, 2.45) is 11.7 Å². The third-order valence-corrected chi connectivity index (χ3v) is 4.94. The molecule has 0 saturated heterocycles. The topological polar surface area (TPSA) is 75.4 Å². The number of benzene rings is 2. The Morgan fingerprint density at radius 1 is 1.15 bits per heavy atom. The number of halogens is 1. The first-order valence-electron chi connectivity index (χ1n) is 9.22. The van der Waals surface area contributed by atoms with Crippen LogP contribution in [0, 0.1) is 5.92 Å². The van der Waals surface area contributed by atoms with Gasteiger partial charge in [-0.05, 0) is 61.7 Å². The molecule has 0 unspecified atom stereocenters. The number of hydrogen-bond acceptors (Lipinski definition) is 3. The fraction of sp³-hybridized carbons (Fsp3) is 0.333. The van der Waals surface area contributed by atoms with Gasteiger partial charge in [-0.1, -0.05) is 29.8 Å². The summed E-state index contributed by atoms with van der Waals surface area (Å²) in [5.41, 5.74) is 7.67. The number of nitrogens with zero attached hydrogens (tertiary/aromatic N) is 1. The molecule has 1 saturated carbocycles. The van der Waals surface area contributed by atoms with Crippen molar-refractivity contribution >= 4 is 29.1 Å². The largest absolute Gasteiger partial charge is 0.338 e. The molecule has 0 radical (unpaired) electrons. The summed E-state index contributed by atoms with van der Waals surface area (Å²) in [6, 6.07) is 14.4. The second-order valence-corrected chi connectivity index (χ2v) is 7.21. The van der Waals surface area contributed by atoms with Crippen LogP contribution >= 0.6 is 11.6 Å². The molecule has 0 bridgehead atoms. The van der Waals surface area contributed by atoms with Crippen molar-refractivity contribution in [3.63, 3.8) is 0 Å². The van der Waals surface area contributed by atoms with Gasteiger partial charge in [0.2, 0.25) is 5.91 Å². The van der Waals surface area contributed by atoms with Crippen molar-refractivity contribution in [1.29, 1.82) is 0 Å². The molecule has 0 aromatic heterocycles. The zero-order chi connectivity index (χ0) is 19.2. The van der Waals surface area contributed by atoms with E-state index in [1.165, 1.54) is 0 Å². The van der Waals surface area contributed by atoms with Crippen LogP contribution in [0.4, 0.5) is 5.69 Å². The predicted octanol–water partition coefficient (Wildman–Crippen LogP) is 3.68. The zero-order valence-corrected chi connectivity index (χ0v) is 15.9. The maximum atomic E-state index is 12.5. The molecule has 5 nitrogen and oxygen atoms in total. The van der Waals surface area contributed by atoms with E-state index in [9.17, 15) is 9.59 Å². The molecule has 1 fully saturated rings. The van der Waals surface area contributed by atoms with Crippen molar-refractivity contribution in [2.45, 2.75) is 25.8 Å². The van der Waals surface area contributed by atoms with Crippen LogP contribution < -0.4 is 11.1 Å². The third-order valence-electron chi connectivity index (χ3n) is 4.57. The number of hydrogen-bond donors (Lipinski definition) is 2. The van der Waals surface area contributed by atoms with E-state index < -0.39 is 0 Å². The summed E-state index contributed by atoms with van der Waals surface area (Å²) in [6.45, 7) is 1.57. The molecule has 142 valence electrons. The smallest absolute Gasteiger partial charge is 0.255 e. The summed E-state index contributed by atoms with van der Waals surface area (Å²) in [5.74, 6) is 0.124. The Morgan fingerprint density at radius 3 is 2.56 bits per heavy atom. The first-order chi connectivity index (χ1) is 13.1. The summed E-state index contributed by atoms with van der Waals surface area (Å²) in [6.07, 6.45) is 2.66. The van der Waals surface area contributed by atoms with Gasteiger partial charge in [0.25, 0.3) is 5.91 Å². The lowest BCUT2D eigenvalue weighted by Crippen LogP contribution is -2.33. The molecule has 3 rings (SSSR count). The van der Waals surface area contributed by atoms with Gasteiger partial charge in [-0.3, -0.25) is 9.59 Å². The Hall–Kier alpha value is -2.37. The standard InChI is InChI=1S/C21H24ClN3O2/c22-19-10-9-18(24-20(26)15-5-2-1-3-6-15)13-17(19)14-25(12-4-11-23)21(27)16-7-8-16/h1-3,5-6,9-10,13,16H,4,7-8,11-12,14,23H2,(H,24,26). The second kappa shape index (κ2) is 9.02. The van der Waals surface area contributed by atoms with Gasteiger partial charge in [0.15, 0.2) is 0 Å². The van der Waals surface area contributed by atoms with Crippen molar-refractivity contribution in [3.8, 4) is 0 Å². The molecule has 3 N–H and O–H groups in total. The zero-order valence-electron chi connectivity index (χ0n) is 15.2. The van der Waals surface area contributed by atoms with Crippen molar-refractivity contribution in [2.75, 3.05) is 18.4 Å². The SMILES string of the molecule is NCCCN(Cc1cc(NC(=O)c2ccccc2)ccc1Cl)C(=O)C1CC1. The van der Waals surface area contributed by atoms with Gasteiger partial charge in [-0.25, -0.2) is 0 Å². The van der Waals surface area contributed by atoms with Gasteiger partial charge in [0, 0.05) is 35.3 Å². The van der Waals surface area contributed by atoms with E-state index >= 15 is 0 Å². The highest BCUT2D eigenvalue weighted by molar-refractivity contribution is 6.31. The van der Waals surface area contributed by atoms with E-state index in [4.69, 9.17) is 17.3 Å². The molecule has 1 aliphatic carbocycles. The molecule has 2 aromatic carbocycles. The van der Waals surface area contributed by atoms with Crippen LogP contribution in [0.2, 0.25) is 5.02 Å². The highest BCUT2D eigenvalue weighted by Crippen LogP contribution is 2.32. The van der Waals surface area contributed by atoms with Crippen molar-refractivity contribution < 1.29 is 9.59 Å². The molecule has 0 spiro atoms. The summed E-state index contributed by atoms with van der Waals surface area (Å²) in [4.78, 5) is 26.7. The average molecular weight is 386 g/mol. The summed E-state index contributed by atoms with van der Waals surface area (Å²) in [5, 5.41) is 3.46. The number of anilines is 1. The van der Waals surface area contributed by atoms with Crippen molar-refractivity contribution in [1.82, 2.24) is 4.90 Å². The van der Waals surface area contributed by atoms with E-state index in [0.717, 1.165) is 24.8 Å². The van der Waals surface area contributed by atoms with E-state index in [-0.39, 0.29) is 17.7 Å². The first kappa shape index (κ1) is 19.4. The van der Waals surface area contributed by atoms with Gasteiger partial charge in [0.1, 0.15) is 0 Å². The summed E-state index contributed by atoms with van der Waals surface area (Å²) < 4.78 is 0. The Kier molecular flexibility index (Phi) is 6.48. The quantitative estimate of drug-likeness (QED) is 0.727. The van der Waals surface area contributed by atoms with E-state index in [2.05, 4.69) is 5.32 Å². The third kappa shape index (κ3) is 5.31. The Labute approximate surface area is 164 Å². The monoisotopic (exact) mass is 385 g/mol. The Morgan fingerprint density at radius 2 is 1.89 bits per heavy atom. The maximum Gasteiger partial charge on any atom is 0.255 e. The first-order valence-corrected chi connectivity index (χ1v) is 9.60. The van der Waals surface area contributed by atoms with Crippen LogP contribution in [0.3, 0.4) is 0 Å². The number of nitrogens with one attached hydrogen (secondary N) is 1. The van der Waals surface area contributed by atoms with Gasteiger partial charge in [0.05, 0.1) is 0 Å². The lowest BCUT2D eigenvalue weighted by atomic mass is 10.1. The molecule has 6 heteroatoms. The number of amides is 2. The van der Waals surface area contributed by atoms with Gasteiger partial charge in [-0.2, -0.15) is 0 Å². The minimum Gasteiger partial charge on any atom is -0.338 e. The van der Waals surface area contributed by atoms with E-state index in [0.29, 0.717) is 35.9 Å². The van der Waals surface area contributed by atoms with Crippen LogP contribution in [0.15, 0.2) is 48.5 Å². The van der Waals surface area contributed by atoms with E-state index in [1.807, 2.05) is 29.2 Å². The van der Waals surface area contributed by atoms with E-state index in [1.54, 1.807) is 24.3 Å². The Balaban J connectivity index is 1.73. The number of rotatable bonds is 8. The second-order valence-electron chi connectivity index (χ2n) is 6.80. The van der Waals surface area contributed by atoms with Crippen LogP contribution in [0.1, 0.15) is 35.2 Å². The molecule has 2 amide bonds. The molecule has 0 heterocycles. The summed E-state index contributed by atoms with van der Waals surface area (Å²) >= 11 is 6.35. The van der Waals surface area contributed by atoms with Crippen LogP contribution in [0.25, 0.3) is 0 Å². The number of nitrogens with two attached hydrogens (primary N) is 1. The molecule has 27 heavy (non-hydrogen) atoms. The predicted molar refractivity (Wildman–Crippen MR) is 108 cm³/mol. The van der Waals surface area contributed by atoms with Crippen LogP contribution in [0.5, 0.6) is 0 Å². The van der Waals surface area contributed by atoms with Gasteiger partial charge < -0.3 is 16.0 Å². The fourth-order valence-electron chi connectivity index (χ4n) is 2.91.